The highest BCUT2D eigenvalue weighted by atomic mass is 19.4. The van der Waals surface area contributed by atoms with Crippen molar-refractivity contribution in [3.63, 3.8) is 0 Å². The summed E-state index contributed by atoms with van der Waals surface area (Å²) in [5.41, 5.74) is 2.41. The maximum atomic E-state index is 12.3. The lowest BCUT2D eigenvalue weighted by Gasteiger charge is -2.23. The van der Waals surface area contributed by atoms with E-state index in [0.29, 0.717) is 32.2 Å². The van der Waals surface area contributed by atoms with Crippen LogP contribution in [0.25, 0.3) is 11.1 Å². The van der Waals surface area contributed by atoms with Gasteiger partial charge in [-0.3, -0.25) is 4.98 Å². The van der Waals surface area contributed by atoms with E-state index in [-0.39, 0.29) is 11.9 Å². The molecule has 146 valence electrons. The van der Waals surface area contributed by atoms with E-state index in [4.69, 9.17) is 18.9 Å². The average molecular weight is 383 g/mol. The van der Waals surface area contributed by atoms with Crippen molar-refractivity contribution in [2.24, 2.45) is 0 Å². The van der Waals surface area contributed by atoms with Gasteiger partial charge in [-0.2, -0.15) is 13.2 Å². The van der Waals surface area contributed by atoms with E-state index in [1.165, 1.54) is 6.07 Å². The van der Waals surface area contributed by atoms with Crippen molar-refractivity contribution in [2.75, 3.05) is 33.0 Å². The third-order valence-corrected chi connectivity index (χ3v) is 3.95. The molecule has 0 unspecified atom stereocenters. The molecule has 3 rings (SSSR count). The molecule has 27 heavy (non-hydrogen) atoms. The Balaban J connectivity index is 1.66. The number of pyridine rings is 1. The van der Waals surface area contributed by atoms with Crippen LogP contribution in [0.4, 0.5) is 13.2 Å². The van der Waals surface area contributed by atoms with Gasteiger partial charge in [-0.1, -0.05) is 6.07 Å². The Morgan fingerprint density at radius 2 is 1.96 bits per heavy atom. The lowest BCUT2D eigenvalue weighted by atomic mass is 10.0. The van der Waals surface area contributed by atoms with Crippen molar-refractivity contribution in [3.05, 3.63) is 42.2 Å². The van der Waals surface area contributed by atoms with Crippen LogP contribution in [0.3, 0.4) is 0 Å². The van der Waals surface area contributed by atoms with Crippen molar-refractivity contribution in [1.29, 1.82) is 0 Å². The monoisotopic (exact) mass is 383 g/mol. The van der Waals surface area contributed by atoms with Crippen molar-refractivity contribution in [1.82, 2.24) is 4.98 Å². The standard InChI is InChI=1S/C19H20F3NO4/c1-13-6-15(27-12-19(20,21)22)2-3-18(13)14-7-16(9-23-8-14)26-11-17-10-24-4-5-25-17/h2-3,6-9,17H,4-5,10-12H2,1H3/t17-/m1/s1. The molecular weight excluding hydrogens is 363 g/mol. The van der Waals surface area contributed by atoms with Crippen LogP contribution in [-0.2, 0) is 9.47 Å². The Morgan fingerprint density at radius 3 is 2.67 bits per heavy atom. The molecule has 0 saturated carbocycles. The van der Waals surface area contributed by atoms with Crippen LogP contribution in [-0.4, -0.2) is 50.3 Å². The first-order chi connectivity index (χ1) is 12.9. The molecule has 2 aromatic rings. The molecule has 0 radical (unpaired) electrons. The molecule has 0 aliphatic carbocycles. The number of aromatic nitrogens is 1. The maximum absolute atomic E-state index is 12.3. The molecule has 1 aromatic carbocycles. The minimum atomic E-state index is -4.37. The Hall–Kier alpha value is -2.32. The van der Waals surface area contributed by atoms with Crippen molar-refractivity contribution in [3.8, 4) is 22.6 Å². The number of halogens is 3. The fraction of sp³-hybridized carbons (Fsp3) is 0.421. The number of hydrogen-bond donors (Lipinski definition) is 0. The predicted molar refractivity (Wildman–Crippen MR) is 92.0 cm³/mol. The van der Waals surface area contributed by atoms with Crippen LogP contribution in [0.2, 0.25) is 0 Å². The van der Waals surface area contributed by atoms with Crippen LogP contribution >= 0.6 is 0 Å². The van der Waals surface area contributed by atoms with Gasteiger partial charge >= 0.3 is 6.18 Å². The number of alkyl halides is 3. The summed E-state index contributed by atoms with van der Waals surface area (Å²) in [6, 6.07) is 6.62. The van der Waals surface area contributed by atoms with Gasteiger partial charge in [0.05, 0.1) is 26.0 Å². The second kappa shape index (κ2) is 8.58. The zero-order chi connectivity index (χ0) is 19.3. The largest absolute Gasteiger partial charge is 0.489 e. The highest BCUT2D eigenvalue weighted by Crippen LogP contribution is 2.29. The number of ether oxygens (including phenoxy) is 4. The zero-order valence-electron chi connectivity index (χ0n) is 14.8. The number of hydrogen-bond acceptors (Lipinski definition) is 5. The molecule has 0 bridgehead atoms. The first-order valence-electron chi connectivity index (χ1n) is 8.48. The molecular formula is C19H20F3NO4. The Morgan fingerprint density at radius 1 is 1.11 bits per heavy atom. The van der Waals surface area contributed by atoms with E-state index in [1.807, 2.05) is 6.07 Å². The summed E-state index contributed by atoms with van der Waals surface area (Å²) in [7, 11) is 0. The lowest BCUT2D eigenvalue weighted by Crippen LogP contribution is -2.33. The highest BCUT2D eigenvalue weighted by molar-refractivity contribution is 5.68. The minimum Gasteiger partial charge on any atom is -0.489 e. The molecule has 2 heterocycles. The average Bonchev–Trinajstić information content (AvgIpc) is 2.65. The molecule has 8 heteroatoms. The molecule has 1 fully saturated rings. The summed E-state index contributed by atoms with van der Waals surface area (Å²) < 4.78 is 58.2. The Bertz CT molecular complexity index is 761. The topological polar surface area (TPSA) is 49.8 Å². The van der Waals surface area contributed by atoms with Crippen LogP contribution in [0.15, 0.2) is 36.7 Å². The van der Waals surface area contributed by atoms with Gasteiger partial charge in [-0.25, -0.2) is 0 Å². The summed E-state index contributed by atoms with van der Waals surface area (Å²) in [6.07, 6.45) is -1.21. The molecule has 1 atom stereocenters. The molecule has 1 saturated heterocycles. The zero-order valence-corrected chi connectivity index (χ0v) is 14.8. The van der Waals surface area contributed by atoms with E-state index in [9.17, 15) is 13.2 Å². The van der Waals surface area contributed by atoms with Gasteiger partial charge in [0.15, 0.2) is 6.61 Å². The third-order valence-electron chi connectivity index (χ3n) is 3.95. The summed E-state index contributed by atoms with van der Waals surface area (Å²) in [6.45, 7) is 2.48. The molecule has 5 nitrogen and oxygen atoms in total. The summed E-state index contributed by atoms with van der Waals surface area (Å²) >= 11 is 0. The second-order valence-electron chi connectivity index (χ2n) is 6.17. The van der Waals surface area contributed by atoms with E-state index in [1.54, 1.807) is 31.5 Å². The number of nitrogens with zero attached hydrogens (tertiary/aromatic N) is 1. The van der Waals surface area contributed by atoms with Gasteiger partial charge in [0.1, 0.15) is 24.2 Å². The maximum Gasteiger partial charge on any atom is 0.422 e. The van der Waals surface area contributed by atoms with E-state index >= 15 is 0 Å². The summed E-state index contributed by atoms with van der Waals surface area (Å²) in [5.74, 6) is 0.752. The van der Waals surface area contributed by atoms with E-state index in [0.717, 1.165) is 16.7 Å². The quantitative estimate of drug-likeness (QED) is 0.760. The molecule has 1 aromatic heterocycles. The fourth-order valence-corrected chi connectivity index (χ4v) is 2.68. The van der Waals surface area contributed by atoms with Crippen LogP contribution in [0.1, 0.15) is 5.56 Å². The van der Waals surface area contributed by atoms with Gasteiger partial charge in [0.25, 0.3) is 0 Å². The van der Waals surface area contributed by atoms with Crippen molar-refractivity contribution >= 4 is 0 Å². The van der Waals surface area contributed by atoms with Gasteiger partial charge in [-0.05, 0) is 36.2 Å². The SMILES string of the molecule is Cc1cc(OCC(F)(F)F)ccc1-c1cncc(OC[C@H]2COCCO2)c1. The van der Waals surface area contributed by atoms with Crippen molar-refractivity contribution < 1.29 is 32.1 Å². The molecule has 0 spiro atoms. The van der Waals surface area contributed by atoms with E-state index in [2.05, 4.69) is 4.98 Å². The third kappa shape index (κ3) is 5.83. The predicted octanol–water partition coefficient (Wildman–Crippen LogP) is 3.79. The summed E-state index contributed by atoms with van der Waals surface area (Å²) in [5, 5.41) is 0. The smallest absolute Gasteiger partial charge is 0.422 e. The highest BCUT2D eigenvalue weighted by Gasteiger charge is 2.28. The van der Waals surface area contributed by atoms with Gasteiger partial charge in [-0.15, -0.1) is 0 Å². The Labute approximate surface area is 155 Å². The van der Waals surface area contributed by atoms with Gasteiger partial charge in [0.2, 0.25) is 0 Å². The first-order valence-corrected chi connectivity index (χ1v) is 8.48. The summed E-state index contributed by atoms with van der Waals surface area (Å²) in [4.78, 5) is 4.18. The molecule has 1 aliphatic heterocycles. The van der Waals surface area contributed by atoms with Crippen LogP contribution in [0.5, 0.6) is 11.5 Å². The number of aryl methyl sites for hydroxylation is 1. The number of benzene rings is 1. The van der Waals surface area contributed by atoms with Gasteiger partial charge < -0.3 is 18.9 Å². The van der Waals surface area contributed by atoms with E-state index < -0.39 is 12.8 Å². The first kappa shape index (κ1) is 19.4. The van der Waals surface area contributed by atoms with Crippen molar-refractivity contribution in [2.45, 2.75) is 19.2 Å². The Kier molecular flexibility index (Phi) is 6.18. The van der Waals surface area contributed by atoms with Gasteiger partial charge in [0, 0.05) is 11.8 Å². The lowest BCUT2D eigenvalue weighted by molar-refractivity contribution is -0.153. The molecule has 0 N–H and O–H groups in total. The minimum absolute atomic E-state index is 0.116. The van der Waals surface area contributed by atoms with Crippen LogP contribution < -0.4 is 9.47 Å². The molecule has 0 amide bonds. The van der Waals surface area contributed by atoms with Crippen LogP contribution in [0, 0.1) is 6.92 Å². The normalized spacial score (nSPS) is 17.6. The molecule has 1 aliphatic rings. The number of rotatable bonds is 6. The second-order valence-corrected chi connectivity index (χ2v) is 6.17. The fourth-order valence-electron chi connectivity index (χ4n) is 2.68.